The van der Waals surface area contributed by atoms with Crippen molar-refractivity contribution in [3.05, 3.63) is 36.5 Å². The number of aliphatic hydroxyl groups excluding tert-OH is 1. The number of allylic oxidation sites excluding steroid dienone is 5. The smallest absolute Gasteiger partial charge is 0.305 e. The van der Waals surface area contributed by atoms with Crippen molar-refractivity contribution in [2.45, 2.75) is 39.2 Å². The van der Waals surface area contributed by atoms with Gasteiger partial charge in [-0.25, -0.2) is 0 Å². The minimum Gasteiger partial charge on any atom is -0.466 e. The van der Waals surface area contributed by atoms with Gasteiger partial charge < -0.3 is 9.84 Å². The summed E-state index contributed by atoms with van der Waals surface area (Å²) in [5.41, 5.74) is 0. The molecule has 0 aliphatic heterocycles. The zero-order chi connectivity index (χ0) is 14.5. The van der Waals surface area contributed by atoms with Gasteiger partial charge in [0.15, 0.2) is 5.78 Å². The Morgan fingerprint density at radius 2 is 1.84 bits per heavy atom. The topological polar surface area (TPSA) is 63.6 Å². The summed E-state index contributed by atoms with van der Waals surface area (Å²) in [6, 6.07) is 0. The Kier molecular flexibility index (Phi) is 10.4. The Morgan fingerprint density at radius 3 is 2.47 bits per heavy atom. The molecular formula is C15H22O4. The highest BCUT2D eigenvalue weighted by molar-refractivity contribution is 5.90. The summed E-state index contributed by atoms with van der Waals surface area (Å²) in [6.45, 7) is 3.79. The second kappa shape index (κ2) is 11.4. The van der Waals surface area contributed by atoms with Crippen LogP contribution in [-0.4, -0.2) is 29.6 Å². The zero-order valence-corrected chi connectivity index (χ0v) is 11.5. The lowest BCUT2D eigenvalue weighted by Gasteiger charge is -1.99. The highest BCUT2D eigenvalue weighted by Gasteiger charge is 2.02. The maximum atomic E-state index is 11.4. The van der Waals surface area contributed by atoms with Gasteiger partial charge in [-0.2, -0.15) is 0 Å². The van der Waals surface area contributed by atoms with Crippen LogP contribution in [0.2, 0.25) is 0 Å². The Labute approximate surface area is 114 Å². The number of hydrogen-bond donors (Lipinski definition) is 1. The van der Waals surface area contributed by atoms with Crippen LogP contribution in [0.1, 0.15) is 33.1 Å². The SMILES string of the molecule is CCOC(=O)CCCC(=O)C=CC=CC=CC(C)O. The van der Waals surface area contributed by atoms with Crippen molar-refractivity contribution in [3.8, 4) is 0 Å². The molecule has 0 fully saturated rings. The number of hydrogen-bond acceptors (Lipinski definition) is 4. The lowest BCUT2D eigenvalue weighted by atomic mass is 10.1. The van der Waals surface area contributed by atoms with Crippen LogP contribution in [0.5, 0.6) is 0 Å². The monoisotopic (exact) mass is 266 g/mol. The van der Waals surface area contributed by atoms with E-state index in [1.807, 2.05) is 0 Å². The maximum Gasteiger partial charge on any atom is 0.305 e. The highest BCUT2D eigenvalue weighted by Crippen LogP contribution is 1.99. The Hall–Kier alpha value is -1.68. The summed E-state index contributed by atoms with van der Waals surface area (Å²) in [7, 11) is 0. The number of carbonyl (C=O) groups is 2. The number of ether oxygens (including phenoxy) is 1. The predicted octanol–water partition coefficient (Wildman–Crippen LogP) is 2.34. The number of esters is 1. The molecule has 1 N–H and O–H groups in total. The summed E-state index contributed by atoms with van der Waals surface area (Å²) in [5, 5.41) is 8.95. The molecule has 0 amide bonds. The van der Waals surface area contributed by atoms with E-state index in [0.29, 0.717) is 19.4 Å². The van der Waals surface area contributed by atoms with E-state index in [-0.39, 0.29) is 18.2 Å². The van der Waals surface area contributed by atoms with E-state index in [1.54, 1.807) is 44.2 Å². The zero-order valence-electron chi connectivity index (χ0n) is 11.5. The van der Waals surface area contributed by atoms with Crippen molar-refractivity contribution in [3.63, 3.8) is 0 Å². The number of ketones is 1. The van der Waals surface area contributed by atoms with Gasteiger partial charge >= 0.3 is 5.97 Å². The van der Waals surface area contributed by atoms with Crippen molar-refractivity contribution in [2.24, 2.45) is 0 Å². The van der Waals surface area contributed by atoms with E-state index in [4.69, 9.17) is 9.84 Å². The molecule has 0 aliphatic rings. The van der Waals surface area contributed by atoms with Crippen molar-refractivity contribution in [2.75, 3.05) is 6.61 Å². The fourth-order valence-electron chi connectivity index (χ4n) is 1.24. The van der Waals surface area contributed by atoms with Crippen LogP contribution in [-0.2, 0) is 14.3 Å². The summed E-state index contributed by atoms with van der Waals surface area (Å²) >= 11 is 0. The summed E-state index contributed by atoms with van der Waals surface area (Å²) in [5.74, 6) is -0.282. The quantitative estimate of drug-likeness (QED) is 0.395. The molecule has 0 radical (unpaired) electrons. The fourth-order valence-corrected chi connectivity index (χ4v) is 1.24. The van der Waals surface area contributed by atoms with E-state index >= 15 is 0 Å². The third-order valence-electron chi connectivity index (χ3n) is 2.11. The van der Waals surface area contributed by atoms with Crippen molar-refractivity contribution < 1.29 is 19.4 Å². The number of carbonyl (C=O) groups excluding carboxylic acids is 2. The third kappa shape index (κ3) is 12.6. The van der Waals surface area contributed by atoms with E-state index < -0.39 is 6.10 Å². The molecule has 0 heterocycles. The van der Waals surface area contributed by atoms with Gasteiger partial charge in [-0.15, -0.1) is 0 Å². The second-order valence-corrected chi connectivity index (χ2v) is 3.99. The van der Waals surface area contributed by atoms with Crippen molar-refractivity contribution in [1.29, 1.82) is 0 Å². The van der Waals surface area contributed by atoms with Crippen LogP contribution in [0, 0.1) is 0 Å². The van der Waals surface area contributed by atoms with Gasteiger partial charge in [0, 0.05) is 12.8 Å². The van der Waals surface area contributed by atoms with Crippen LogP contribution in [0.15, 0.2) is 36.5 Å². The van der Waals surface area contributed by atoms with E-state index in [1.165, 1.54) is 6.08 Å². The largest absolute Gasteiger partial charge is 0.466 e. The lowest BCUT2D eigenvalue weighted by molar-refractivity contribution is -0.143. The summed E-state index contributed by atoms with van der Waals surface area (Å²) < 4.78 is 4.76. The molecule has 0 saturated heterocycles. The predicted molar refractivity (Wildman–Crippen MR) is 74.6 cm³/mol. The van der Waals surface area contributed by atoms with Gasteiger partial charge in [-0.05, 0) is 26.3 Å². The molecule has 0 aromatic rings. The molecule has 0 aliphatic carbocycles. The highest BCUT2D eigenvalue weighted by atomic mass is 16.5. The first-order valence-electron chi connectivity index (χ1n) is 6.44. The van der Waals surface area contributed by atoms with Gasteiger partial charge in [0.2, 0.25) is 0 Å². The fraction of sp³-hybridized carbons (Fsp3) is 0.467. The molecule has 0 aromatic heterocycles. The molecule has 0 aromatic carbocycles. The van der Waals surface area contributed by atoms with Crippen LogP contribution < -0.4 is 0 Å². The molecule has 1 unspecified atom stereocenters. The van der Waals surface area contributed by atoms with Gasteiger partial charge in [-0.1, -0.05) is 30.4 Å². The molecule has 0 rings (SSSR count). The Balaban J connectivity index is 3.77. The van der Waals surface area contributed by atoms with Crippen molar-refractivity contribution in [1.82, 2.24) is 0 Å². The van der Waals surface area contributed by atoms with Crippen molar-refractivity contribution >= 4 is 11.8 Å². The maximum absolute atomic E-state index is 11.4. The summed E-state index contributed by atoms with van der Waals surface area (Å²) in [6.07, 6.45) is 10.5. The average Bonchev–Trinajstić information content (AvgIpc) is 2.33. The van der Waals surface area contributed by atoms with E-state index in [9.17, 15) is 9.59 Å². The average molecular weight is 266 g/mol. The molecule has 4 heteroatoms. The van der Waals surface area contributed by atoms with Gasteiger partial charge in [-0.3, -0.25) is 9.59 Å². The Bertz CT molecular complexity index is 351. The summed E-state index contributed by atoms with van der Waals surface area (Å²) in [4.78, 5) is 22.4. The first kappa shape index (κ1) is 17.3. The minimum absolute atomic E-state index is 0.0199. The van der Waals surface area contributed by atoms with Crippen LogP contribution in [0.4, 0.5) is 0 Å². The molecule has 0 spiro atoms. The van der Waals surface area contributed by atoms with Gasteiger partial charge in [0.25, 0.3) is 0 Å². The molecule has 4 nitrogen and oxygen atoms in total. The van der Waals surface area contributed by atoms with Crippen LogP contribution >= 0.6 is 0 Å². The molecule has 0 bridgehead atoms. The van der Waals surface area contributed by atoms with E-state index in [2.05, 4.69) is 0 Å². The molecule has 106 valence electrons. The number of rotatable bonds is 9. The van der Waals surface area contributed by atoms with Crippen LogP contribution in [0.3, 0.4) is 0 Å². The first-order valence-corrected chi connectivity index (χ1v) is 6.44. The normalized spacial score (nSPS) is 13.4. The van der Waals surface area contributed by atoms with Gasteiger partial charge in [0.05, 0.1) is 12.7 Å². The Morgan fingerprint density at radius 1 is 1.16 bits per heavy atom. The lowest BCUT2D eigenvalue weighted by Crippen LogP contribution is -2.04. The molecule has 19 heavy (non-hydrogen) atoms. The van der Waals surface area contributed by atoms with Crippen LogP contribution in [0.25, 0.3) is 0 Å². The minimum atomic E-state index is -0.474. The first-order chi connectivity index (χ1) is 9.06. The molecular weight excluding hydrogens is 244 g/mol. The third-order valence-corrected chi connectivity index (χ3v) is 2.11. The molecule has 1 atom stereocenters. The van der Waals surface area contributed by atoms with Gasteiger partial charge in [0.1, 0.15) is 0 Å². The number of aliphatic hydroxyl groups is 1. The molecule has 0 saturated carbocycles. The second-order valence-electron chi connectivity index (χ2n) is 3.99. The standard InChI is InChI=1S/C15H22O4/c1-3-19-15(18)12-8-11-14(17)10-7-5-4-6-9-13(2)16/h4-7,9-10,13,16H,3,8,11-12H2,1-2H3. The van der Waals surface area contributed by atoms with E-state index in [0.717, 1.165) is 0 Å².